The average molecular weight is 244 g/mol. The second-order valence-electron chi connectivity index (χ2n) is 4.28. The van der Waals surface area contributed by atoms with Gasteiger partial charge in [0.25, 0.3) is 5.91 Å². The van der Waals surface area contributed by atoms with Crippen LogP contribution >= 0.6 is 0 Å². The van der Waals surface area contributed by atoms with E-state index in [-0.39, 0.29) is 18.1 Å². The van der Waals surface area contributed by atoms with Crippen LogP contribution in [0.2, 0.25) is 0 Å². The monoisotopic (exact) mass is 244 g/mol. The van der Waals surface area contributed by atoms with Crippen LogP contribution in [-0.2, 0) is 4.79 Å². The van der Waals surface area contributed by atoms with E-state index in [1.54, 1.807) is 19.3 Å². The van der Waals surface area contributed by atoms with Crippen molar-refractivity contribution in [2.75, 3.05) is 0 Å². The summed E-state index contributed by atoms with van der Waals surface area (Å²) in [5, 5.41) is 2.89. The first-order chi connectivity index (χ1) is 8.78. The van der Waals surface area contributed by atoms with Gasteiger partial charge in [-0.25, -0.2) is 0 Å². The number of hydrogen-bond acceptors (Lipinski definition) is 3. The molecule has 18 heavy (non-hydrogen) atoms. The lowest BCUT2D eigenvalue weighted by atomic mass is 10.2. The highest BCUT2D eigenvalue weighted by atomic mass is 16.5. The Morgan fingerprint density at radius 2 is 2.22 bits per heavy atom. The standard InChI is InChI=1S/C14H16N2O2/c1-2-3-14(17)16-11-4-5-13(10-11)18-12-6-8-15-9-7-12/h6-9,11,13H,4-5,10H2,1H3,(H,16,17). The smallest absolute Gasteiger partial charge is 0.296 e. The molecular formula is C14H16N2O2. The van der Waals surface area contributed by atoms with E-state index >= 15 is 0 Å². The van der Waals surface area contributed by atoms with Crippen LogP contribution in [0.4, 0.5) is 0 Å². The maximum atomic E-state index is 11.3. The molecule has 2 rings (SSSR count). The predicted molar refractivity (Wildman–Crippen MR) is 67.9 cm³/mol. The minimum absolute atomic E-state index is 0.160. The summed E-state index contributed by atoms with van der Waals surface area (Å²) in [4.78, 5) is 15.3. The highest BCUT2D eigenvalue weighted by Gasteiger charge is 2.26. The lowest BCUT2D eigenvalue weighted by molar-refractivity contribution is -0.116. The molecule has 0 spiro atoms. The Morgan fingerprint density at radius 3 is 2.94 bits per heavy atom. The Kier molecular flexibility index (Phi) is 4.19. The Morgan fingerprint density at radius 1 is 1.44 bits per heavy atom. The Hall–Kier alpha value is -2.02. The average Bonchev–Trinajstić information content (AvgIpc) is 2.78. The maximum absolute atomic E-state index is 11.3. The highest BCUT2D eigenvalue weighted by Crippen LogP contribution is 2.24. The zero-order valence-electron chi connectivity index (χ0n) is 10.3. The van der Waals surface area contributed by atoms with E-state index in [9.17, 15) is 4.79 Å². The molecule has 4 heteroatoms. The first kappa shape index (κ1) is 12.4. The number of rotatable bonds is 3. The highest BCUT2D eigenvalue weighted by molar-refractivity contribution is 5.93. The molecule has 2 unspecified atom stereocenters. The SMILES string of the molecule is CC#CC(=O)NC1CCC(Oc2ccncc2)C1. The largest absolute Gasteiger partial charge is 0.490 e. The van der Waals surface area contributed by atoms with Gasteiger partial charge in [-0.1, -0.05) is 5.92 Å². The fourth-order valence-electron chi connectivity index (χ4n) is 2.12. The van der Waals surface area contributed by atoms with Gasteiger partial charge in [-0.2, -0.15) is 0 Å². The van der Waals surface area contributed by atoms with Crippen molar-refractivity contribution in [1.29, 1.82) is 0 Å². The topological polar surface area (TPSA) is 51.2 Å². The summed E-state index contributed by atoms with van der Waals surface area (Å²) in [6.07, 6.45) is 6.30. The maximum Gasteiger partial charge on any atom is 0.296 e. The number of nitrogens with one attached hydrogen (secondary N) is 1. The van der Waals surface area contributed by atoms with Crippen molar-refractivity contribution in [3.63, 3.8) is 0 Å². The van der Waals surface area contributed by atoms with E-state index < -0.39 is 0 Å². The zero-order chi connectivity index (χ0) is 12.8. The third-order valence-electron chi connectivity index (χ3n) is 2.91. The van der Waals surface area contributed by atoms with Crippen LogP contribution in [0.3, 0.4) is 0 Å². The van der Waals surface area contributed by atoms with Crippen LogP contribution in [-0.4, -0.2) is 23.0 Å². The lowest BCUT2D eigenvalue weighted by Gasteiger charge is -2.14. The molecule has 1 aromatic heterocycles. The summed E-state index contributed by atoms with van der Waals surface area (Å²) >= 11 is 0. The molecule has 1 N–H and O–H groups in total. The fourth-order valence-corrected chi connectivity index (χ4v) is 2.12. The molecule has 1 fully saturated rings. The summed E-state index contributed by atoms with van der Waals surface area (Å²) in [5.74, 6) is 5.71. The lowest BCUT2D eigenvalue weighted by Crippen LogP contribution is -2.32. The van der Waals surface area contributed by atoms with Crippen LogP contribution < -0.4 is 10.1 Å². The molecule has 2 atom stereocenters. The summed E-state index contributed by atoms with van der Waals surface area (Å²) in [6, 6.07) is 3.85. The Labute approximate surface area is 107 Å². The summed E-state index contributed by atoms with van der Waals surface area (Å²) < 4.78 is 5.82. The van der Waals surface area contributed by atoms with E-state index in [4.69, 9.17) is 4.74 Å². The van der Waals surface area contributed by atoms with Gasteiger partial charge in [0.15, 0.2) is 0 Å². The number of carbonyl (C=O) groups excluding carboxylic acids is 1. The first-order valence-corrected chi connectivity index (χ1v) is 6.08. The van der Waals surface area contributed by atoms with Crippen molar-refractivity contribution in [3.8, 4) is 17.6 Å². The van der Waals surface area contributed by atoms with Crippen LogP contribution in [0.25, 0.3) is 0 Å². The number of carbonyl (C=O) groups is 1. The molecule has 1 amide bonds. The number of amides is 1. The van der Waals surface area contributed by atoms with E-state index in [1.165, 1.54) is 0 Å². The molecule has 0 saturated heterocycles. The molecule has 0 aromatic carbocycles. The molecule has 1 heterocycles. The molecule has 1 aliphatic carbocycles. The van der Waals surface area contributed by atoms with Crippen LogP contribution in [0.1, 0.15) is 26.2 Å². The molecule has 0 radical (unpaired) electrons. The number of hydrogen-bond donors (Lipinski definition) is 1. The number of pyridine rings is 1. The van der Waals surface area contributed by atoms with Gasteiger partial charge in [-0.15, -0.1) is 0 Å². The second-order valence-corrected chi connectivity index (χ2v) is 4.28. The van der Waals surface area contributed by atoms with Crippen molar-refractivity contribution < 1.29 is 9.53 Å². The molecule has 4 nitrogen and oxygen atoms in total. The summed E-state index contributed by atoms with van der Waals surface area (Å²) in [5.41, 5.74) is 0. The molecule has 1 saturated carbocycles. The van der Waals surface area contributed by atoms with E-state index in [0.29, 0.717) is 0 Å². The Bertz CT molecular complexity index is 462. The van der Waals surface area contributed by atoms with Crippen LogP contribution in [0.5, 0.6) is 5.75 Å². The van der Waals surface area contributed by atoms with Crippen LogP contribution in [0, 0.1) is 11.8 Å². The summed E-state index contributed by atoms with van der Waals surface area (Å²) in [6.45, 7) is 1.66. The number of nitrogens with zero attached hydrogens (tertiary/aromatic N) is 1. The third kappa shape index (κ3) is 3.49. The van der Waals surface area contributed by atoms with Gasteiger partial charge < -0.3 is 10.1 Å². The number of ether oxygens (including phenoxy) is 1. The van der Waals surface area contributed by atoms with Crippen LogP contribution in [0.15, 0.2) is 24.5 Å². The molecular weight excluding hydrogens is 228 g/mol. The minimum Gasteiger partial charge on any atom is -0.490 e. The Balaban J connectivity index is 1.81. The van der Waals surface area contributed by atoms with Crippen molar-refractivity contribution in [3.05, 3.63) is 24.5 Å². The van der Waals surface area contributed by atoms with Crippen molar-refractivity contribution in [2.45, 2.75) is 38.3 Å². The fraction of sp³-hybridized carbons (Fsp3) is 0.429. The van der Waals surface area contributed by atoms with Gasteiger partial charge >= 0.3 is 0 Å². The third-order valence-corrected chi connectivity index (χ3v) is 2.91. The first-order valence-electron chi connectivity index (χ1n) is 6.08. The zero-order valence-corrected chi connectivity index (χ0v) is 10.3. The molecule has 0 bridgehead atoms. The van der Waals surface area contributed by atoms with Crippen molar-refractivity contribution >= 4 is 5.91 Å². The van der Waals surface area contributed by atoms with E-state index in [0.717, 1.165) is 25.0 Å². The van der Waals surface area contributed by atoms with Crippen molar-refractivity contribution in [1.82, 2.24) is 10.3 Å². The van der Waals surface area contributed by atoms with E-state index in [1.807, 2.05) is 12.1 Å². The normalized spacial score (nSPS) is 21.8. The summed E-state index contributed by atoms with van der Waals surface area (Å²) in [7, 11) is 0. The molecule has 0 aliphatic heterocycles. The predicted octanol–water partition coefficient (Wildman–Crippen LogP) is 1.52. The van der Waals surface area contributed by atoms with Gasteiger partial charge in [0.05, 0.1) is 0 Å². The van der Waals surface area contributed by atoms with Crippen molar-refractivity contribution in [2.24, 2.45) is 0 Å². The minimum atomic E-state index is -0.202. The molecule has 1 aliphatic rings. The van der Waals surface area contributed by atoms with Gasteiger partial charge in [0, 0.05) is 24.9 Å². The van der Waals surface area contributed by atoms with Gasteiger partial charge in [-0.05, 0) is 37.8 Å². The number of aromatic nitrogens is 1. The van der Waals surface area contributed by atoms with Gasteiger partial charge in [0.1, 0.15) is 11.9 Å². The van der Waals surface area contributed by atoms with E-state index in [2.05, 4.69) is 22.1 Å². The second kappa shape index (κ2) is 6.06. The molecule has 94 valence electrons. The quantitative estimate of drug-likeness (QED) is 0.820. The molecule has 1 aromatic rings. The van der Waals surface area contributed by atoms with Gasteiger partial charge in [0.2, 0.25) is 0 Å². The van der Waals surface area contributed by atoms with Gasteiger partial charge in [-0.3, -0.25) is 9.78 Å².